The van der Waals surface area contributed by atoms with Crippen LogP contribution in [0.2, 0.25) is 0 Å². The van der Waals surface area contributed by atoms with E-state index in [-0.39, 0.29) is 19.1 Å². The van der Waals surface area contributed by atoms with Crippen molar-refractivity contribution in [3.8, 4) is 5.75 Å². The number of hydrogen-bond donors (Lipinski definition) is 0. The van der Waals surface area contributed by atoms with E-state index in [2.05, 4.69) is 6.58 Å². The van der Waals surface area contributed by atoms with Gasteiger partial charge in [0.05, 0.1) is 13.2 Å². The summed E-state index contributed by atoms with van der Waals surface area (Å²) in [5.74, 6) is -0.516. The molecule has 9 nitrogen and oxygen atoms in total. The summed E-state index contributed by atoms with van der Waals surface area (Å²) in [6.07, 6.45) is 2.87. The van der Waals surface area contributed by atoms with Gasteiger partial charge in [0.1, 0.15) is 29.2 Å². The Morgan fingerprint density at radius 3 is 2.05 bits per heavy atom. The minimum Gasteiger partial charge on any atom is -0.486 e. The van der Waals surface area contributed by atoms with E-state index >= 15 is 0 Å². The number of cyclic esters (lactones) is 1. The van der Waals surface area contributed by atoms with Crippen molar-refractivity contribution >= 4 is 18.2 Å². The third-order valence-corrected chi connectivity index (χ3v) is 6.51. The van der Waals surface area contributed by atoms with E-state index in [1.807, 2.05) is 63.3 Å². The summed E-state index contributed by atoms with van der Waals surface area (Å²) < 4.78 is 29.5. The van der Waals surface area contributed by atoms with Gasteiger partial charge >= 0.3 is 18.2 Å². The zero-order valence-corrected chi connectivity index (χ0v) is 27.4. The molecule has 0 aliphatic carbocycles. The van der Waals surface area contributed by atoms with Crippen LogP contribution in [0, 0.1) is 12.8 Å². The summed E-state index contributed by atoms with van der Waals surface area (Å²) in [6.45, 7) is 21.6. The van der Waals surface area contributed by atoms with Crippen molar-refractivity contribution in [1.29, 1.82) is 0 Å². The van der Waals surface area contributed by atoms with Gasteiger partial charge in [-0.25, -0.2) is 14.4 Å². The standard InChI is InChI=1S/C34H49NO8/c1-12-14-23(4)25(13-2)19-26-20-39-21-28(35(31(37)42-33(6,7)8)32(38)43-34(9,10)11)30(36)40-24(5)29(26)41-27-17-15-22(3)16-18-27/h12-18,24,26,28-29H,4,19-21H2,1-3,5-11H3. The summed E-state index contributed by atoms with van der Waals surface area (Å²) in [5, 5.41) is 0. The monoisotopic (exact) mass is 599 g/mol. The van der Waals surface area contributed by atoms with E-state index in [4.69, 9.17) is 23.7 Å². The number of carbonyl (C=O) groups is 3. The smallest absolute Gasteiger partial charge is 0.420 e. The molecule has 238 valence electrons. The Balaban J connectivity index is 2.52. The van der Waals surface area contributed by atoms with Gasteiger partial charge in [-0.05, 0) is 98.9 Å². The second kappa shape index (κ2) is 15.2. The molecule has 0 radical (unpaired) electrons. The highest BCUT2D eigenvalue weighted by Gasteiger charge is 2.44. The molecule has 2 rings (SSSR count). The van der Waals surface area contributed by atoms with Gasteiger partial charge in [0.15, 0.2) is 6.04 Å². The fraction of sp³-hybridized carbons (Fsp3) is 0.559. The van der Waals surface area contributed by atoms with Crippen LogP contribution in [0.1, 0.15) is 74.3 Å². The fourth-order valence-electron chi connectivity index (χ4n) is 4.50. The van der Waals surface area contributed by atoms with Crippen molar-refractivity contribution in [2.45, 2.75) is 105 Å². The molecule has 2 amide bonds. The maximum Gasteiger partial charge on any atom is 0.420 e. The fourth-order valence-corrected chi connectivity index (χ4v) is 4.50. The Morgan fingerprint density at radius 2 is 1.56 bits per heavy atom. The summed E-state index contributed by atoms with van der Waals surface area (Å²) in [4.78, 5) is 40.9. The normalized spacial score (nSPS) is 22.1. The second-order valence-corrected chi connectivity index (χ2v) is 12.7. The van der Waals surface area contributed by atoms with Gasteiger partial charge in [0.25, 0.3) is 0 Å². The first-order chi connectivity index (χ1) is 20.0. The minimum atomic E-state index is -1.45. The highest BCUT2D eigenvalue weighted by atomic mass is 16.6. The van der Waals surface area contributed by atoms with E-state index in [1.54, 1.807) is 48.5 Å². The number of ether oxygens (including phenoxy) is 5. The van der Waals surface area contributed by atoms with Crippen molar-refractivity contribution in [2.24, 2.45) is 5.92 Å². The average molecular weight is 600 g/mol. The molecule has 1 aliphatic rings. The molecule has 1 aliphatic heterocycles. The van der Waals surface area contributed by atoms with E-state index in [0.29, 0.717) is 17.1 Å². The summed E-state index contributed by atoms with van der Waals surface area (Å²) in [6, 6.07) is 6.14. The van der Waals surface area contributed by atoms with Crippen molar-refractivity contribution in [2.75, 3.05) is 13.2 Å². The summed E-state index contributed by atoms with van der Waals surface area (Å²) >= 11 is 0. The zero-order chi connectivity index (χ0) is 32.5. The number of aryl methyl sites for hydroxylation is 1. The molecule has 9 heteroatoms. The first-order valence-corrected chi connectivity index (χ1v) is 14.7. The van der Waals surface area contributed by atoms with E-state index < -0.39 is 47.6 Å². The quantitative estimate of drug-likeness (QED) is 0.182. The Hall–Kier alpha value is -3.59. The number of nitrogens with zero attached hydrogens (tertiary/aromatic N) is 1. The lowest BCUT2D eigenvalue weighted by atomic mass is 9.88. The molecule has 0 aromatic heterocycles. The number of hydrogen-bond acceptors (Lipinski definition) is 8. The van der Waals surface area contributed by atoms with Gasteiger partial charge in [-0.3, -0.25) is 0 Å². The Bertz CT molecular complexity index is 1160. The van der Waals surface area contributed by atoms with Gasteiger partial charge in [0.2, 0.25) is 0 Å². The Kier molecular flexibility index (Phi) is 12.6. The number of esters is 1. The Labute approximate surface area is 256 Å². The number of imide groups is 1. The topological polar surface area (TPSA) is 101 Å². The third kappa shape index (κ3) is 11.2. The molecule has 0 spiro atoms. The summed E-state index contributed by atoms with van der Waals surface area (Å²) in [5.41, 5.74) is 1.03. The highest BCUT2D eigenvalue weighted by Crippen LogP contribution is 2.30. The minimum absolute atomic E-state index is 0.144. The maximum absolute atomic E-state index is 13.7. The van der Waals surface area contributed by atoms with Gasteiger partial charge in [-0.15, -0.1) is 0 Å². The molecule has 1 fully saturated rings. The van der Waals surface area contributed by atoms with Gasteiger partial charge in [-0.2, -0.15) is 4.90 Å². The molecular formula is C34H49NO8. The summed E-state index contributed by atoms with van der Waals surface area (Å²) in [7, 11) is 0. The lowest BCUT2D eigenvalue weighted by molar-refractivity contribution is -0.159. The van der Waals surface area contributed by atoms with Gasteiger partial charge in [0, 0.05) is 5.92 Å². The van der Waals surface area contributed by atoms with Crippen molar-refractivity contribution in [1.82, 2.24) is 4.90 Å². The van der Waals surface area contributed by atoms with E-state index in [9.17, 15) is 14.4 Å². The first kappa shape index (κ1) is 35.6. The van der Waals surface area contributed by atoms with Crippen LogP contribution in [-0.2, 0) is 23.7 Å². The lowest BCUT2D eigenvalue weighted by Gasteiger charge is -2.33. The number of carbonyl (C=O) groups excluding carboxylic acids is 3. The van der Waals surface area contributed by atoms with Gasteiger partial charge < -0.3 is 23.7 Å². The number of allylic oxidation sites excluding steroid dienone is 5. The molecule has 43 heavy (non-hydrogen) atoms. The van der Waals surface area contributed by atoms with Crippen molar-refractivity contribution in [3.05, 3.63) is 65.8 Å². The third-order valence-electron chi connectivity index (χ3n) is 6.51. The number of rotatable bonds is 7. The van der Waals surface area contributed by atoms with Gasteiger partial charge in [-0.1, -0.05) is 42.5 Å². The lowest BCUT2D eigenvalue weighted by Crippen LogP contribution is -2.54. The van der Waals surface area contributed by atoms with Crippen molar-refractivity contribution < 1.29 is 38.1 Å². The van der Waals surface area contributed by atoms with Crippen LogP contribution in [0.5, 0.6) is 5.75 Å². The zero-order valence-electron chi connectivity index (χ0n) is 27.4. The first-order valence-electron chi connectivity index (χ1n) is 14.7. The molecule has 4 unspecified atom stereocenters. The van der Waals surface area contributed by atoms with Crippen molar-refractivity contribution in [3.63, 3.8) is 0 Å². The van der Waals surface area contributed by atoms with Crippen LogP contribution >= 0.6 is 0 Å². The van der Waals surface area contributed by atoms with Crippen LogP contribution in [-0.4, -0.2) is 65.7 Å². The van der Waals surface area contributed by atoms with Crippen LogP contribution in [0.25, 0.3) is 0 Å². The molecule has 1 heterocycles. The molecular weight excluding hydrogens is 550 g/mol. The van der Waals surface area contributed by atoms with Crippen LogP contribution in [0.3, 0.4) is 0 Å². The number of amides is 2. The molecule has 1 aromatic carbocycles. The van der Waals surface area contributed by atoms with E-state index in [0.717, 1.165) is 16.7 Å². The highest BCUT2D eigenvalue weighted by molar-refractivity contribution is 5.94. The molecule has 0 saturated carbocycles. The average Bonchev–Trinajstić information content (AvgIpc) is 2.91. The van der Waals surface area contributed by atoms with Crippen LogP contribution in [0.4, 0.5) is 9.59 Å². The predicted molar refractivity (Wildman–Crippen MR) is 166 cm³/mol. The largest absolute Gasteiger partial charge is 0.486 e. The van der Waals surface area contributed by atoms with Crippen LogP contribution < -0.4 is 4.74 Å². The maximum atomic E-state index is 13.7. The molecule has 1 aromatic rings. The molecule has 0 N–H and O–H groups in total. The molecule has 1 saturated heterocycles. The second-order valence-electron chi connectivity index (χ2n) is 12.7. The van der Waals surface area contributed by atoms with E-state index in [1.165, 1.54) is 0 Å². The molecule has 4 atom stereocenters. The predicted octanol–water partition coefficient (Wildman–Crippen LogP) is 7.33. The SMILES string of the molecule is C=C(C=CC)C(=CC)CC1COCC(N(C(=O)OC(C)(C)C)C(=O)OC(C)(C)C)C(=O)OC(C)C1Oc1ccc(C)cc1. The Morgan fingerprint density at radius 1 is 1.00 bits per heavy atom. The van der Waals surface area contributed by atoms with Crippen LogP contribution in [0.15, 0.2) is 60.2 Å². The number of benzene rings is 1. The molecule has 0 bridgehead atoms.